The lowest BCUT2D eigenvalue weighted by atomic mass is 9.93. The van der Waals surface area contributed by atoms with Crippen LogP contribution in [0.1, 0.15) is 5.56 Å². The third kappa shape index (κ3) is 2.83. The second kappa shape index (κ2) is 6.82. The molecule has 0 bridgehead atoms. The highest BCUT2D eigenvalue weighted by molar-refractivity contribution is 5.95. The monoisotopic (exact) mass is 398 g/mol. The molecule has 1 aromatic heterocycles. The van der Waals surface area contributed by atoms with E-state index < -0.39 is 0 Å². The summed E-state index contributed by atoms with van der Waals surface area (Å²) >= 11 is 0. The van der Waals surface area contributed by atoms with Gasteiger partial charge in [-0.1, -0.05) is 72.8 Å². The lowest BCUT2D eigenvalue weighted by molar-refractivity contribution is 0.960. The molecular weight excluding hydrogens is 376 g/mol. The van der Waals surface area contributed by atoms with E-state index in [-0.39, 0.29) is 0 Å². The van der Waals surface area contributed by atoms with Gasteiger partial charge in [0.15, 0.2) is 0 Å². The van der Waals surface area contributed by atoms with E-state index in [1.54, 1.807) is 0 Å². The summed E-state index contributed by atoms with van der Waals surface area (Å²) < 4.78 is 2.17. The van der Waals surface area contributed by atoms with Crippen LogP contribution in [-0.2, 0) is 7.05 Å². The van der Waals surface area contributed by atoms with Crippen molar-refractivity contribution in [1.29, 1.82) is 0 Å². The Kier molecular flexibility index (Phi) is 3.94. The van der Waals surface area contributed by atoms with Crippen LogP contribution in [0.5, 0.6) is 0 Å². The summed E-state index contributed by atoms with van der Waals surface area (Å²) in [4.78, 5) is 4.86. The van der Waals surface area contributed by atoms with E-state index in [1.165, 1.54) is 38.2 Å². The first-order valence-corrected chi connectivity index (χ1v) is 10.6. The number of aromatic nitrogens is 2. The van der Waals surface area contributed by atoms with Crippen LogP contribution in [-0.4, -0.2) is 9.55 Å². The average molecular weight is 399 g/mol. The van der Waals surface area contributed by atoms with Crippen LogP contribution < -0.4 is 0 Å². The normalized spacial score (nSPS) is 11.5. The molecule has 6 rings (SSSR count). The molecule has 0 fully saturated rings. The Hall–Kier alpha value is -3.91. The summed E-state index contributed by atoms with van der Waals surface area (Å²) in [6.07, 6.45) is 0. The van der Waals surface area contributed by atoms with Crippen LogP contribution in [0.25, 0.3) is 55.1 Å². The van der Waals surface area contributed by atoms with Crippen molar-refractivity contribution in [2.24, 2.45) is 7.05 Å². The van der Waals surface area contributed by atoms with Crippen molar-refractivity contribution in [3.8, 4) is 22.5 Å². The van der Waals surface area contributed by atoms with Crippen LogP contribution in [0.3, 0.4) is 0 Å². The lowest BCUT2D eigenvalue weighted by Gasteiger charge is -2.11. The Morgan fingerprint density at radius 1 is 0.645 bits per heavy atom. The molecule has 0 radical (unpaired) electrons. The van der Waals surface area contributed by atoms with Gasteiger partial charge in [0.25, 0.3) is 0 Å². The molecule has 0 saturated carbocycles. The highest BCUT2D eigenvalue weighted by atomic mass is 15.1. The average Bonchev–Trinajstić information content (AvgIpc) is 3.15. The van der Waals surface area contributed by atoms with Crippen molar-refractivity contribution < 1.29 is 0 Å². The highest BCUT2D eigenvalue weighted by Crippen LogP contribution is 2.33. The maximum atomic E-state index is 4.86. The van der Waals surface area contributed by atoms with Crippen LogP contribution in [0.2, 0.25) is 0 Å². The summed E-state index contributed by atoms with van der Waals surface area (Å²) in [6, 6.07) is 34.7. The second-order valence-electron chi connectivity index (χ2n) is 8.22. The van der Waals surface area contributed by atoms with Gasteiger partial charge in [-0.3, -0.25) is 0 Å². The van der Waals surface area contributed by atoms with E-state index >= 15 is 0 Å². The fraction of sp³-hybridized carbons (Fsp3) is 0.0690. The topological polar surface area (TPSA) is 17.8 Å². The molecule has 2 heteroatoms. The Balaban J connectivity index is 1.46. The first-order valence-electron chi connectivity index (χ1n) is 10.6. The number of rotatable bonds is 2. The van der Waals surface area contributed by atoms with Gasteiger partial charge < -0.3 is 4.57 Å². The maximum Gasteiger partial charge on any atom is 0.140 e. The number of benzene rings is 5. The van der Waals surface area contributed by atoms with Crippen LogP contribution in [0.4, 0.5) is 0 Å². The highest BCUT2D eigenvalue weighted by Gasteiger charge is 2.11. The molecule has 148 valence electrons. The summed E-state index contributed by atoms with van der Waals surface area (Å²) in [6.45, 7) is 2.22. The van der Waals surface area contributed by atoms with Gasteiger partial charge in [0.05, 0.1) is 11.0 Å². The Bertz CT molecular complexity index is 1600. The number of hydrogen-bond donors (Lipinski definition) is 0. The number of nitrogens with zero attached hydrogens (tertiary/aromatic N) is 2. The SMILES string of the molecule is Cc1c(-c2ccc3cc(-c4nc5ccccc5n4C)ccc3c2)ccc2ccccc12. The zero-order valence-electron chi connectivity index (χ0n) is 17.6. The summed E-state index contributed by atoms with van der Waals surface area (Å²) in [5.41, 5.74) is 7.20. The van der Waals surface area contributed by atoms with E-state index in [1.807, 2.05) is 6.07 Å². The van der Waals surface area contributed by atoms with Gasteiger partial charge in [-0.05, 0) is 69.4 Å². The zero-order valence-corrected chi connectivity index (χ0v) is 17.6. The van der Waals surface area contributed by atoms with Gasteiger partial charge in [0.1, 0.15) is 5.82 Å². The quantitative estimate of drug-likeness (QED) is 0.295. The fourth-order valence-corrected chi connectivity index (χ4v) is 4.70. The van der Waals surface area contributed by atoms with E-state index in [9.17, 15) is 0 Å². The molecule has 2 nitrogen and oxygen atoms in total. The third-order valence-electron chi connectivity index (χ3n) is 6.39. The summed E-state index contributed by atoms with van der Waals surface area (Å²) in [5, 5.41) is 5.08. The molecule has 5 aromatic carbocycles. The maximum absolute atomic E-state index is 4.86. The van der Waals surface area contributed by atoms with E-state index in [2.05, 4.69) is 110 Å². The number of hydrogen-bond acceptors (Lipinski definition) is 1. The van der Waals surface area contributed by atoms with Gasteiger partial charge >= 0.3 is 0 Å². The van der Waals surface area contributed by atoms with Crippen LogP contribution >= 0.6 is 0 Å². The lowest BCUT2D eigenvalue weighted by Crippen LogP contribution is -1.92. The number of para-hydroxylation sites is 2. The van der Waals surface area contributed by atoms with Crippen molar-refractivity contribution >= 4 is 32.6 Å². The molecule has 0 aliphatic rings. The van der Waals surface area contributed by atoms with Crippen LogP contribution in [0.15, 0.2) is 97.1 Å². The molecule has 0 saturated heterocycles. The van der Waals surface area contributed by atoms with Crippen molar-refractivity contribution in [2.75, 3.05) is 0 Å². The Labute approximate surface area is 181 Å². The minimum absolute atomic E-state index is 0.998. The first-order chi connectivity index (χ1) is 15.2. The zero-order chi connectivity index (χ0) is 20.9. The minimum atomic E-state index is 0.998. The molecular formula is C29H22N2. The molecule has 0 spiro atoms. The number of fused-ring (bicyclic) bond motifs is 3. The minimum Gasteiger partial charge on any atom is -0.327 e. The standard InChI is InChI=1S/C29H22N2/c1-19-25-8-4-3-7-20(25)15-16-26(19)23-13-11-22-18-24(14-12-21(22)17-23)29-30-27-9-5-6-10-28(27)31(29)2/h3-18H,1-2H3. The molecule has 31 heavy (non-hydrogen) atoms. The first kappa shape index (κ1) is 17.9. The molecule has 0 aliphatic heterocycles. The van der Waals surface area contributed by atoms with Crippen molar-refractivity contribution in [2.45, 2.75) is 6.92 Å². The van der Waals surface area contributed by atoms with E-state index in [0.717, 1.165) is 22.4 Å². The van der Waals surface area contributed by atoms with Gasteiger partial charge in [-0.25, -0.2) is 4.98 Å². The third-order valence-corrected chi connectivity index (χ3v) is 6.39. The number of aryl methyl sites for hydroxylation is 2. The molecule has 0 N–H and O–H groups in total. The van der Waals surface area contributed by atoms with Crippen molar-refractivity contribution in [3.63, 3.8) is 0 Å². The Morgan fingerprint density at radius 2 is 1.32 bits per heavy atom. The van der Waals surface area contributed by atoms with E-state index in [0.29, 0.717) is 0 Å². The molecule has 1 heterocycles. The summed E-state index contributed by atoms with van der Waals surface area (Å²) in [7, 11) is 2.08. The largest absolute Gasteiger partial charge is 0.327 e. The van der Waals surface area contributed by atoms with Gasteiger partial charge in [0, 0.05) is 12.6 Å². The molecule has 0 atom stereocenters. The predicted molar refractivity (Wildman–Crippen MR) is 131 cm³/mol. The van der Waals surface area contributed by atoms with Crippen molar-refractivity contribution in [1.82, 2.24) is 9.55 Å². The van der Waals surface area contributed by atoms with Crippen molar-refractivity contribution in [3.05, 3.63) is 103 Å². The Morgan fingerprint density at radius 3 is 2.16 bits per heavy atom. The summed E-state index contributed by atoms with van der Waals surface area (Å²) in [5.74, 6) is 0.998. The van der Waals surface area contributed by atoms with Gasteiger partial charge in [-0.2, -0.15) is 0 Å². The molecule has 0 aliphatic carbocycles. The smallest absolute Gasteiger partial charge is 0.140 e. The molecule has 0 unspecified atom stereocenters. The fourth-order valence-electron chi connectivity index (χ4n) is 4.70. The second-order valence-corrected chi connectivity index (χ2v) is 8.22. The number of imidazole rings is 1. The van der Waals surface area contributed by atoms with E-state index in [4.69, 9.17) is 4.98 Å². The van der Waals surface area contributed by atoms with Crippen LogP contribution in [0, 0.1) is 6.92 Å². The molecule has 6 aromatic rings. The predicted octanol–water partition coefficient (Wildman–Crippen LogP) is 7.52. The molecule has 0 amide bonds. The van der Waals surface area contributed by atoms with Gasteiger partial charge in [0.2, 0.25) is 0 Å². The van der Waals surface area contributed by atoms with Gasteiger partial charge in [-0.15, -0.1) is 0 Å².